The number of halogens is 2. The van der Waals surface area contributed by atoms with E-state index >= 15 is 0 Å². The lowest BCUT2D eigenvalue weighted by Crippen LogP contribution is -1.94. The van der Waals surface area contributed by atoms with Gasteiger partial charge >= 0.3 is 0 Å². The van der Waals surface area contributed by atoms with Gasteiger partial charge in [-0.05, 0) is 42.8 Å². The predicted molar refractivity (Wildman–Crippen MR) is 76.5 cm³/mol. The van der Waals surface area contributed by atoms with Gasteiger partial charge in [-0.25, -0.2) is 14.1 Å². The summed E-state index contributed by atoms with van der Waals surface area (Å²) < 4.78 is 14.9. The van der Waals surface area contributed by atoms with Crippen LogP contribution in [0.2, 0.25) is 5.15 Å². The molecule has 3 nitrogen and oxygen atoms in total. The van der Waals surface area contributed by atoms with Gasteiger partial charge in [0.25, 0.3) is 0 Å². The van der Waals surface area contributed by atoms with E-state index in [-0.39, 0.29) is 5.82 Å². The molecule has 0 fully saturated rings. The predicted octanol–water partition coefficient (Wildman–Crippen LogP) is 4.04. The number of aryl methyl sites for hydroxylation is 1. The first kappa shape index (κ1) is 12.8. The van der Waals surface area contributed by atoms with Crippen molar-refractivity contribution in [2.75, 3.05) is 0 Å². The molecule has 2 heterocycles. The van der Waals surface area contributed by atoms with E-state index in [2.05, 4.69) is 10.1 Å². The number of aromatic nitrogens is 3. The maximum Gasteiger partial charge on any atom is 0.129 e. The lowest BCUT2D eigenvalue weighted by Gasteiger charge is -2.00. The summed E-state index contributed by atoms with van der Waals surface area (Å²) in [5, 5.41) is 4.85. The third-order valence-electron chi connectivity index (χ3n) is 3.01. The van der Waals surface area contributed by atoms with Gasteiger partial charge in [0.1, 0.15) is 11.0 Å². The smallest absolute Gasteiger partial charge is 0.129 e. The van der Waals surface area contributed by atoms with Crippen LogP contribution in [0.15, 0.2) is 48.8 Å². The Balaban J connectivity index is 2.08. The zero-order valence-electron chi connectivity index (χ0n) is 10.7. The molecule has 5 heteroatoms. The van der Waals surface area contributed by atoms with Gasteiger partial charge < -0.3 is 0 Å². The van der Waals surface area contributed by atoms with Crippen molar-refractivity contribution in [1.82, 2.24) is 14.8 Å². The highest BCUT2D eigenvalue weighted by atomic mass is 35.5. The molecule has 100 valence electrons. The molecule has 0 unspecified atom stereocenters. The fourth-order valence-corrected chi connectivity index (χ4v) is 2.24. The summed E-state index contributed by atoms with van der Waals surface area (Å²) in [6.07, 6.45) is 3.51. The Kier molecular flexibility index (Phi) is 3.24. The minimum atomic E-state index is -0.288. The molecule has 0 spiro atoms. The van der Waals surface area contributed by atoms with Gasteiger partial charge in [-0.3, -0.25) is 0 Å². The Labute approximate surface area is 120 Å². The van der Waals surface area contributed by atoms with Crippen LogP contribution in [0.3, 0.4) is 0 Å². The molecule has 0 saturated heterocycles. The van der Waals surface area contributed by atoms with E-state index < -0.39 is 0 Å². The maximum atomic E-state index is 13.3. The molecule has 0 N–H and O–H groups in total. The van der Waals surface area contributed by atoms with Gasteiger partial charge in [0, 0.05) is 18.0 Å². The number of hydrogen-bond donors (Lipinski definition) is 0. The molecule has 0 atom stereocenters. The third-order valence-corrected chi connectivity index (χ3v) is 3.22. The lowest BCUT2D eigenvalue weighted by atomic mass is 10.1. The summed E-state index contributed by atoms with van der Waals surface area (Å²) in [7, 11) is 0. The summed E-state index contributed by atoms with van der Waals surface area (Å²) in [6, 6.07) is 9.95. The van der Waals surface area contributed by atoms with Crippen molar-refractivity contribution in [2.24, 2.45) is 0 Å². The van der Waals surface area contributed by atoms with E-state index in [0.29, 0.717) is 10.8 Å². The Hall–Kier alpha value is -2.20. The number of pyridine rings is 1. The third kappa shape index (κ3) is 2.42. The molecule has 1 aromatic carbocycles. The molecule has 3 aromatic rings. The Morgan fingerprint density at radius 1 is 1.20 bits per heavy atom. The molecule has 0 bridgehead atoms. The minimum Gasteiger partial charge on any atom is -0.245 e. The van der Waals surface area contributed by atoms with Crippen molar-refractivity contribution in [3.8, 4) is 16.8 Å². The number of nitrogens with zero attached hydrogens (tertiary/aromatic N) is 3. The van der Waals surface area contributed by atoms with Crippen molar-refractivity contribution in [2.45, 2.75) is 6.92 Å². The second kappa shape index (κ2) is 5.06. The fourth-order valence-electron chi connectivity index (χ4n) is 2.06. The highest BCUT2D eigenvalue weighted by Gasteiger charge is 2.09. The quantitative estimate of drug-likeness (QED) is 0.666. The van der Waals surface area contributed by atoms with E-state index in [1.165, 1.54) is 12.1 Å². The van der Waals surface area contributed by atoms with Crippen LogP contribution in [0, 0.1) is 12.7 Å². The molecular weight excluding hydrogens is 277 g/mol. The number of rotatable bonds is 2. The van der Waals surface area contributed by atoms with E-state index in [1.54, 1.807) is 29.1 Å². The van der Waals surface area contributed by atoms with Gasteiger partial charge in [0.05, 0.1) is 11.4 Å². The highest BCUT2D eigenvalue weighted by Crippen LogP contribution is 2.25. The van der Waals surface area contributed by atoms with Crippen LogP contribution in [0.25, 0.3) is 16.8 Å². The van der Waals surface area contributed by atoms with Gasteiger partial charge in [-0.2, -0.15) is 5.10 Å². The lowest BCUT2D eigenvalue weighted by molar-refractivity contribution is 0.625. The van der Waals surface area contributed by atoms with E-state index in [1.807, 2.05) is 19.2 Å². The molecule has 0 aliphatic heterocycles. The summed E-state index contributed by atoms with van der Waals surface area (Å²) in [5.74, 6) is -0.288. The number of hydrogen-bond acceptors (Lipinski definition) is 2. The second-order valence-electron chi connectivity index (χ2n) is 4.42. The average molecular weight is 288 g/mol. The summed E-state index contributed by atoms with van der Waals surface area (Å²) in [6.45, 7) is 1.90. The monoisotopic (exact) mass is 287 g/mol. The van der Waals surface area contributed by atoms with Crippen LogP contribution in [0.1, 0.15) is 5.69 Å². The topological polar surface area (TPSA) is 30.7 Å². The van der Waals surface area contributed by atoms with Crippen LogP contribution in [-0.2, 0) is 0 Å². The van der Waals surface area contributed by atoms with Crippen molar-refractivity contribution in [1.29, 1.82) is 0 Å². The Bertz CT molecular complexity index is 767. The zero-order valence-corrected chi connectivity index (χ0v) is 11.5. The fraction of sp³-hybridized carbons (Fsp3) is 0.0667. The molecular formula is C15H11ClFN3. The Morgan fingerprint density at radius 2 is 2.05 bits per heavy atom. The standard InChI is InChI=1S/C15H11ClFN3/c1-10-14(11-5-6-18-15(16)7-11)9-20(19-10)13-4-2-3-12(17)8-13/h2-9H,1H3. The molecule has 3 rings (SSSR count). The van der Waals surface area contributed by atoms with E-state index in [9.17, 15) is 4.39 Å². The van der Waals surface area contributed by atoms with Gasteiger partial charge in [0.2, 0.25) is 0 Å². The van der Waals surface area contributed by atoms with Crippen LogP contribution in [0.4, 0.5) is 4.39 Å². The molecule has 0 aliphatic carbocycles. The van der Waals surface area contributed by atoms with Crippen LogP contribution >= 0.6 is 11.6 Å². The zero-order chi connectivity index (χ0) is 14.1. The van der Waals surface area contributed by atoms with Crippen molar-refractivity contribution < 1.29 is 4.39 Å². The molecule has 0 amide bonds. The highest BCUT2D eigenvalue weighted by molar-refractivity contribution is 6.29. The minimum absolute atomic E-state index is 0.288. The maximum absolute atomic E-state index is 13.3. The van der Waals surface area contributed by atoms with Crippen molar-refractivity contribution in [3.05, 3.63) is 65.5 Å². The normalized spacial score (nSPS) is 10.8. The van der Waals surface area contributed by atoms with Crippen molar-refractivity contribution >= 4 is 11.6 Å². The number of benzene rings is 1. The van der Waals surface area contributed by atoms with Gasteiger partial charge in [-0.15, -0.1) is 0 Å². The van der Waals surface area contributed by atoms with Gasteiger partial charge in [0.15, 0.2) is 0 Å². The molecule has 0 saturated carbocycles. The van der Waals surface area contributed by atoms with Crippen LogP contribution < -0.4 is 0 Å². The largest absolute Gasteiger partial charge is 0.245 e. The van der Waals surface area contributed by atoms with Crippen LogP contribution in [0.5, 0.6) is 0 Å². The first-order valence-electron chi connectivity index (χ1n) is 6.07. The van der Waals surface area contributed by atoms with Crippen molar-refractivity contribution in [3.63, 3.8) is 0 Å². The summed E-state index contributed by atoms with van der Waals surface area (Å²) >= 11 is 5.90. The van der Waals surface area contributed by atoms with Gasteiger partial charge in [-0.1, -0.05) is 17.7 Å². The SMILES string of the molecule is Cc1nn(-c2cccc(F)c2)cc1-c1ccnc(Cl)c1. The van der Waals surface area contributed by atoms with Crippen LogP contribution in [-0.4, -0.2) is 14.8 Å². The molecule has 0 radical (unpaired) electrons. The summed E-state index contributed by atoms with van der Waals surface area (Å²) in [4.78, 5) is 3.96. The average Bonchev–Trinajstić information content (AvgIpc) is 2.81. The molecule has 2 aromatic heterocycles. The van der Waals surface area contributed by atoms with E-state index in [0.717, 1.165) is 16.8 Å². The first-order chi connectivity index (χ1) is 9.63. The molecule has 20 heavy (non-hydrogen) atoms. The Morgan fingerprint density at radius 3 is 2.80 bits per heavy atom. The molecule has 0 aliphatic rings. The summed E-state index contributed by atoms with van der Waals surface area (Å²) in [5.41, 5.74) is 3.40. The first-order valence-corrected chi connectivity index (χ1v) is 6.45. The van der Waals surface area contributed by atoms with E-state index in [4.69, 9.17) is 11.6 Å². The second-order valence-corrected chi connectivity index (χ2v) is 4.81.